The Hall–Kier alpha value is -0.170. The molecule has 3 atom stereocenters. The lowest BCUT2D eigenvalue weighted by molar-refractivity contribution is 0.0563. The summed E-state index contributed by atoms with van der Waals surface area (Å²) in [7, 11) is -3.14. The molecule has 1 N–H and O–H groups in total. The molecule has 3 saturated heterocycles. The van der Waals surface area contributed by atoms with Crippen molar-refractivity contribution in [3.05, 3.63) is 0 Å². The van der Waals surface area contributed by atoms with Crippen LogP contribution in [-0.2, 0) is 10.0 Å². The number of piperidine rings is 2. The molecule has 0 aliphatic carbocycles. The average Bonchev–Trinajstić information content (AvgIpc) is 2.47. The van der Waals surface area contributed by atoms with Gasteiger partial charge in [0, 0.05) is 31.2 Å². The molecule has 0 saturated carbocycles. The molecule has 3 aliphatic heterocycles. The number of nitrogens with zero attached hydrogens (tertiary/aromatic N) is 2. The fourth-order valence-corrected chi connectivity index (χ4v) is 6.13. The van der Waals surface area contributed by atoms with Gasteiger partial charge in [-0.25, -0.2) is 8.42 Å². The Morgan fingerprint density at radius 2 is 1.90 bits per heavy atom. The highest BCUT2D eigenvalue weighted by Crippen LogP contribution is 2.26. The van der Waals surface area contributed by atoms with Gasteiger partial charge in [0.05, 0.1) is 5.75 Å². The summed E-state index contributed by atoms with van der Waals surface area (Å²) in [5.41, 5.74) is 0. The summed E-state index contributed by atoms with van der Waals surface area (Å²) in [6.07, 6.45) is 6.99. The van der Waals surface area contributed by atoms with Crippen molar-refractivity contribution >= 4 is 10.0 Å². The number of hydrogen-bond donors (Lipinski definition) is 1. The van der Waals surface area contributed by atoms with Crippen LogP contribution in [0.3, 0.4) is 0 Å². The highest BCUT2D eigenvalue weighted by atomic mass is 32.2. The maximum Gasteiger partial charge on any atom is 0.215 e. The second-order valence-corrected chi connectivity index (χ2v) is 8.95. The third-order valence-corrected chi connectivity index (χ3v) is 7.36. The summed E-state index contributed by atoms with van der Waals surface area (Å²) in [6, 6.07) is 0.720. The average molecular weight is 315 g/mol. The van der Waals surface area contributed by atoms with E-state index in [1.165, 1.54) is 19.3 Å². The van der Waals surface area contributed by atoms with Crippen LogP contribution in [-0.4, -0.2) is 67.7 Å². The largest absolute Gasteiger partial charge is 0.313 e. The molecule has 21 heavy (non-hydrogen) atoms. The maximum absolute atomic E-state index is 12.8. The second kappa shape index (κ2) is 6.52. The minimum absolute atomic E-state index is 0.118. The third-order valence-electron chi connectivity index (χ3n) is 5.31. The van der Waals surface area contributed by atoms with Crippen molar-refractivity contribution in [2.24, 2.45) is 0 Å². The lowest BCUT2D eigenvalue weighted by Crippen LogP contribution is -2.61. The van der Waals surface area contributed by atoms with Crippen LogP contribution in [0.15, 0.2) is 0 Å². The first-order chi connectivity index (χ1) is 10.1. The minimum atomic E-state index is -3.14. The van der Waals surface area contributed by atoms with Crippen LogP contribution in [0.5, 0.6) is 0 Å². The van der Waals surface area contributed by atoms with Gasteiger partial charge in [-0.2, -0.15) is 4.31 Å². The first-order valence-corrected chi connectivity index (χ1v) is 10.1. The van der Waals surface area contributed by atoms with Crippen molar-refractivity contribution in [3.63, 3.8) is 0 Å². The minimum Gasteiger partial charge on any atom is -0.313 e. The van der Waals surface area contributed by atoms with Crippen molar-refractivity contribution in [1.82, 2.24) is 14.5 Å². The summed E-state index contributed by atoms with van der Waals surface area (Å²) in [5.74, 6) is 0.282. The Bertz CT molecular complexity index is 448. The zero-order valence-electron chi connectivity index (χ0n) is 13.1. The molecule has 3 heterocycles. The van der Waals surface area contributed by atoms with Crippen LogP contribution in [0.2, 0.25) is 0 Å². The van der Waals surface area contributed by atoms with Gasteiger partial charge in [0.2, 0.25) is 10.0 Å². The van der Waals surface area contributed by atoms with E-state index >= 15 is 0 Å². The molecular weight excluding hydrogens is 286 g/mol. The van der Waals surface area contributed by atoms with E-state index in [1.54, 1.807) is 4.31 Å². The molecular formula is C15H29N3O2S. The Morgan fingerprint density at radius 1 is 1.10 bits per heavy atom. The van der Waals surface area contributed by atoms with E-state index in [4.69, 9.17) is 0 Å². The quantitative estimate of drug-likeness (QED) is 0.845. The highest BCUT2D eigenvalue weighted by Gasteiger charge is 2.39. The highest BCUT2D eigenvalue weighted by molar-refractivity contribution is 7.89. The van der Waals surface area contributed by atoms with Gasteiger partial charge in [0.15, 0.2) is 0 Å². The Labute approximate surface area is 129 Å². The first-order valence-electron chi connectivity index (χ1n) is 8.53. The molecule has 0 bridgehead atoms. The molecule has 0 aromatic rings. The molecule has 3 rings (SSSR count). The van der Waals surface area contributed by atoms with E-state index in [1.807, 2.05) is 0 Å². The van der Waals surface area contributed by atoms with Gasteiger partial charge in [-0.1, -0.05) is 12.8 Å². The molecule has 0 radical (unpaired) electrons. The van der Waals surface area contributed by atoms with Crippen molar-refractivity contribution in [2.75, 3.05) is 31.9 Å². The number of sulfonamides is 1. The Kier molecular flexibility index (Phi) is 4.88. The molecule has 0 aromatic heterocycles. The molecule has 0 amide bonds. The van der Waals surface area contributed by atoms with E-state index in [9.17, 15) is 8.42 Å². The van der Waals surface area contributed by atoms with Crippen LogP contribution in [0.4, 0.5) is 0 Å². The van der Waals surface area contributed by atoms with Crippen molar-refractivity contribution < 1.29 is 8.42 Å². The monoisotopic (exact) mass is 315 g/mol. The fourth-order valence-electron chi connectivity index (χ4n) is 4.13. The smallest absolute Gasteiger partial charge is 0.215 e. The lowest BCUT2D eigenvalue weighted by Gasteiger charge is -2.47. The van der Waals surface area contributed by atoms with Gasteiger partial charge in [0.1, 0.15) is 0 Å². The standard InChI is InChI=1S/C15H29N3O2S/c1-13-10-17-9-5-3-7-15(17)11-18(13)21(19,20)12-14-6-2-4-8-16-14/h13-16H,2-12H2,1H3. The van der Waals surface area contributed by atoms with Gasteiger partial charge >= 0.3 is 0 Å². The van der Waals surface area contributed by atoms with E-state index in [0.717, 1.165) is 38.9 Å². The zero-order valence-corrected chi connectivity index (χ0v) is 13.9. The van der Waals surface area contributed by atoms with Gasteiger partial charge < -0.3 is 5.32 Å². The van der Waals surface area contributed by atoms with Crippen LogP contribution >= 0.6 is 0 Å². The van der Waals surface area contributed by atoms with Crippen molar-refractivity contribution in [1.29, 1.82) is 0 Å². The molecule has 3 aliphatic rings. The number of fused-ring (bicyclic) bond motifs is 1. The Balaban J connectivity index is 1.66. The summed E-state index contributed by atoms with van der Waals surface area (Å²) in [4.78, 5) is 2.50. The lowest BCUT2D eigenvalue weighted by atomic mass is 9.99. The van der Waals surface area contributed by atoms with E-state index in [2.05, 4.69) is 17.1 Å². The topological polar surface area (TPSA) is 52.7 Å². The van der Waals surface area contributed by atoms with Crippen LogP contribution in [0.1, 0.15) is 45.4 Å². The van der Waals surface area contributed by atoms with Gasteiger partial charge in [-0.3, -0.25) is 4.90 Å². The van der Waals surface area contributed by atoms with Crippen LogP contribution < -0.4 is 5.32 Å². The molecule has 6 heteroatoms. The molecule has 3 fully saturated rings. The number of rotatable bonds is 3. The molecule has 122 valence electrons. The zero-order chi connectivity index (χ0) is 14.9. The maximum atomic E-state index is 12.8. The number of hydrogen-bond acceptors (Lipinski definition) is 4. The van der Waals surface area contributed by atoms with E-state index in [-0.39, 0.29) is 17.8 Å². The number of piperazine rings is 1. The van der Waals surface area contributed by atoms with Crippen molar-refractivity contribution in [2.45, 2.75) is 63.6 Å². The van der Waals surface area contributed by atoms with Gasteiger partial charge in [-0.15, -0.1) is 0 Å². The van der Waals surface area contributed by atoms with Crippen molar-refractivity contribution in [3.8, 4) is 0 Å². The molecule has 3 unspecified atom stereocenters. The predicted octanol–water partition coefficient (Wildman–Crippen LogP) is 1.02. The fraction of sp³-hybridized carbons (Fsp3) is 1.00. The summed E-state index contributed by atoms with van der Waals surface area (Å²) >= 11 is 0. The van der Waals surface area contributed by atoms with Crippen LogP contribution in [0.25, 0.3) is 0 Å². The third kappa shape index (κ3) is 3.60. The van der Waals surface area contributed by atoms with Gasteiger partial charge in [-0.05, 0) is 45.7 Å². The summed E-state index contributed by atoms with van der Waals surface area (Å²) in [6.45, 7) is 5.79. The SMILES string of the molecule is CC1CN2CCCCC2CN1S(=O)(=O)CC1CCCCN1. The summed E-state index contributed by atoms with van der Waals surface area (Å²) < 4.78 is 27.4. The predicted molar refractivity (Wildman–Crippen MR) is 84.8 cm³/mol. The van der Waals surface area contributed by atoms with Gasteiger partial charge in [0.25, 0.3) is 0 Å². The molecule has 0 spiro atoms. The first kappa shape index (κ1) is 15.7. The molecule has 0 aromatic carbocycles. The van der Waals surface area contributed by atoms with Crippen LogP contribution in [0, 0.1) is 0 Å². The van der Waals surface area contributed by atoms with E-state index < -0.39 is 10.0 Å². The summed E-state index contributed by atoms with van der Waals surface area (Å²) in [5, 5.41) is 3.37. The molecule has 5 nitrogen and oxygen atoms in total. The van der Waals surface area contributed by atoms with E-state index in [0.29, 0.717) is 12.6 Å². The number of nitrogens with one attached hydrogen (secondary N) is 1. The Morgan fingerprint density at radius 3 is 2.67 bits per heavy atom. The normalized spacial score (nSPS) is 36.3. The second-order valence-electron chi connectivity index (χ2n) is 6.99.